The summed E-state index contributed by atoms with van der Waals surface area (Å²) >= 11 is 3.44. The Balaban J connectivity index is 2.00. The molecule has 34 heavy (non-hydrogen) atoms. The van der Waals surface area contributed by atoms with E-state index in [1.54, 1.807) is 29.2 Å². The van der Waals surface area contributed by atoms with Crippen LogP contribution in [0.2, 0.25) is 0 Å². The van der Waals surface area contributed by atoms with Gasteiger partial charge < -0.3 is 19.6 Å². The molecular formula is C27H33BrN2O4. The Labute approximate surface area is 210 Å². The van der Waals surface area contributed by atoms with Gasteiger partial charge in [-0.05, 0) is 61.0 Å². The molecule has 1 amide bonds. The van der Waals surface area contributed by atoms with Crippen LogP contribution in [-0.4, -0.2) is 59.4 Å². The molecule has 1 aliphatic rings. The van der Waals surface area contributed by atoms with Crippen LogP contribution < -0.4 is 4.74 Å². The molecule has 2 aromatic rings. The second-order valence-corrected chi connectivity index (χ2v) is 9.72. The van der Waals surface area contributed by atoms with Crippen LogP contribution in [0.1, 0.15) is 44.9 Å². The fourth-order valence-corrected chi connectivity index (χ4v) is 4.28. The molecule has 3 rings (SSSR count). The molecule has 1 aliphatic heterocycles. The first kappa shape index (κ1) is 26.0. The van der Waals surface area contributed by atoms with Crippen LogP contribution in [0.25, 0.3) is 5.76 Å². The lowest BCUT2D eigenvalue weighted by Crippen LogP contribution is -2.38. The molecule has 0 bridgehead atoms. The minimum absolute atomic E-state index is 0.114. The van der Waals surface area contributed by atoms with E-state index in [0.717, 1.165) is 23.1 Å². The van der Waals surface area contributed by atoms with Gasteiger partial charge in [-0.15, -0.1) is 0 Å². The Morgan fingerprint density at radius 3 is 2.24 bits per heavy atom. The molecular weight excluding hydrogens is 496 g/mol. The highest BCUT2D eigenvalue weighted by Gasteiger charge is 2.45. The van der Waals surface area contributed by atoms with Gasteiger partial charge in [0.1, 0.15) is 11.5 Å². The molecule has 0 aromatic heterocycles. The lowest BCUT2D eigenvalue weighted by atomic mass is 9.95. The molecule has 1 unspecified atom stereocenters. The van der Waals surface area contributed by atoms with E-state index in [1.165, 1.54) is 0 Å². The summed E-state index contributed by atoms with van der Waals surface area (Å²) in [5.41, 5.74) is 1.36. The van der Waals surface area contributed by atoms with Crippen molar-refractivity contribution in [1.29, 1.82) is 0 Å². The second kappa shape index (κ2) is 11.7. The van der Waals surface area contributed by atoms with Crippen molar-refractivity contribution in [3.05, 3.63) is 69.7 Å². The Hall–Kier alpha value is -2.64. The summed E-state index contributed by atoms with van der Waals surface area (Å²) in [6, 6.07) is 13.8. The molecule has 0 spiro atoms. The van der Waals surface area contributed by atoms with E-state index in [-0.39, 0.29) is 11.3 Å². The van der Waals surface area contributed by atoms with E-state index in [4.69, 9.17) is 4.74 Å². The minimum Gasteiger partial charge on any atom is -0.507 e. The van der Waals surface area contributed by atoms with Crippen LogP contribution in [0, 0.1) is 5.92 Å². The maximum Gasteiger partial charge on any atom is 0.295 e. The third kappa shape index (κ3) is 5.88. The average Bonchev–Trinajstić information content (AvgIpc) is 3.08. The number of hydrogen-bond donors (Lipinski definition) is 1. The summed E-state index contributed by atoms with van der Waals surface area (Å²) in [5, 5.41) is 11.2. The van der Waals surface area contributed by atoms with Crippen LogP contribution in [0.4, 0.5) is 0 Å². The predicted molar refractivity (Wildman–Crippen MR) is 138 cm³/mol. The van der Waals surface area contributed by atoms with Crippen molar-refractivity contribution in [1.82, 2.24) is 9.80 Å². The molecule has 1 fully saturated rings. The van der Waals surface area contributed by atoms with E-state index in [0.29, 0.717) is 36.9 Å². The maximum atomic E-state index is 13.2. The van der Waals surface area contributed by atoms with Gasteiger partial charge in [0.15, 0.2) is 0 Å². The summed E-state index contributed by atoms with van der Waals surface area (Å²) in [4.78, 5) is 30.0. The number of Topliss-reactive ketones (excluding diaryl/α,β-unsaturated/α-hetero) is 1. The standard InChI is InChI=1S/C27H33BrN2O4/c1-5-29(6-2)15-16-30-24(19-7-11-21(28)12-8-19)23(26(32)27(30)33)25(31)20-9-13-22(14-10-20)34-17-18(3)4/h7-14,18,24,31H,5-6,15-17H2,1-4H3/b25-23+. The number of carbonyl (C=O) groups is 2. The number of hydrogen-bond acceptors (Lipinski definition) is 5. The molecule has 1 saturated heterocycles. The first-order valence-corrected chi connectivity index (χ1v) is 12.6. The molecule has 1 atom stereocenters. The van der Waals surface area contributed by atoms with Gasteiger partial charge in [-0.3, -0.25) is 9.59 Å². The Bertz CT molecular complexity index is 1030. The van der Waals surface area contributed by atoms with Crippen LogP contribution in [0.15, 0.2) is 58.6 Å². The van der Waals surface area contributed by atoms with Gasteiger partial charge in [-0.25, -0.2) is 0 Å². The number of aliphatic hydroxyl groups is 1. The smallest absolute Gasteiger partial charge is 0.295 e. The number of nitrogens with zero attached hydrogens (tertiary/aromatic N) is 2. The molecule has 0 radical (unpaired) electrons. The van der Waals surface area contributed by atoms with Gasteiger partial charge in [0, 0.05) is 23.1 Å². The van der Waals surface area contributed by atoms with Crippen molar-refractivity contribution in [3.8, 4) is 5.75 Å². The number of ether oxygens (including phenoxy) is 1. The van der Waals surface area contributed by atoms with E-state index in [1.807, 2.05) is 24.3 Å². The number of likely N-dealkylation sites (N-methyl/N-ethyl adjacent to an activating group) is 1. The molecule has 7 heteroatoms. The summed E-state index contributed by atoms with van der Waals surface area (Å²) in [5.74, 6) is -0.337. The third-order valence-electron chi connectivity index (χ3n) is 5.99. The van der Waals surface area contributed by atoms with Crippen molar-refractivity contribution in [3.63, 3.8) is 0 Å². The number of benzene rings is 2. The van der Waals surface area contributed by atoms with Crippen LogP contribution >= 0.6 is 15.9 Å². The fraction of sp³-hybridized carbons (Fsp3) is 0.407. The first-order chi connectivity index (χ1) is 16.3. The average molecular weight is 529 g/mol. The van der Waals surface area contributed by atoms with Crippen molar-refractivity contribution in [2.24, 2.45) is 5.92 Å². The van der Waals surface area contributed by atoms with Gasteiger partial charge in [0.25, 0.3) is 11.7 Å². The largest absolute Gasteiger partial charge is 0.507 e. The maximum absolute atomic E-state index is 13.2. The van der Waals surface area contributed by atoms with E-state index >= 15 is 0 Å². The number of rotatable bonds is 10. The summed E-state index contributed by atoms with van der Waals surface area (Å²) in [6.07, 6.45) is 0. The molecule has 1 N–H and O–H groups in total. The SMILES string of the molecule is CCN(CC)CCN1C(=O)C(=O)/C(=C(/O)c2ccc(OCC(C)C)cc2)C1c1ccc(Br)cc1. The highest BCUT2D eigenvalue weighted by atomic mass is 79.9. The monoisotopic (exact) mass is 528 g/mol. The molecule has 182 valence electrons. The summed E-state index contributed by atoms with van der Waals surface area (Å²) in [6.45, 7) is 11.6. The van der Waals surface area contributed by atoms with Crippen LogP contribution in [-0.2, 0) is 9.59 Å². The lowest BCUT2D eigenvalue weighted by molar-refractivity contribution is -0.140. The van der Waals surface area contributed by atoms with Crippen molar-refractivity contribution < 1.29 is 19.4 Å². The Morgan fingerprint density at radius 1 is 1.06 bits per heavy atom. The molecule has 1 heterocycles. The predicted octanol–water partition coefficient (Wildman–Crippen LogP) is 5.25. The van der Waals surface area contributed by atoms with E-state index in [9.17, 15) is 14.7 Å². The Morgan fingerprint density at radius 2 is 1.68 bits per heavy atom. The van der Waals surface area contributed by atoms with Crippen molar-refractivity contribution >= 4 is 33.4 Å². The van der Waals surface area contributed by atoms with Gasteiger partial charge >= 0.3 is 0 Å². The molecule has 6 nitrogen and oxygen atoms in total. The zero-order valence-electron chi connectivity index (χ0n) is 20.3. The number of amides is 1. The van der Waals surface area contributed by atoms with Crippen LogP contribution in [0.3, 0.4) is 0 Å². The van der Waals surface area contributed by atoms with Crippen molar-refractivity contribution in [2.45, 2.75) is 33.7 Å². The normalized spacial score (nSPS) is 17.7. The number of ketones is 1. The lowest BCUT2D eigenvalue weighted by Gasteiger charge is -2.28. The molecule has 2 aromatic carbocycles. The zero-order chi connectivity index (χ0) is 24.8. The van der Waals surface area contributed by atoms with E-state index in [2.05, 4.69) is 48.5 Å². The number of carbonyl (C=O) groups excluding carboxylic acids is 2. The van der Waals surface area contributed by atoms with E-state index < -0.39 is 17.7 Å². The third-order valence-corrected chi connectivity index (χ3v) is 6.52. The topological polar surface area (TPSA) is 70.1 Å². The highest BCUT2D eigenvalue weighted by Crippen LogP contribution is 2.39. The first-order valence-electron chi connectivity index (χ1n) is 11.8. The number of aliphatic hydroxyl groups excluding tert-OH is 1. The fourth-order valence-electron chi connectivity index (χ4n) is 4.02. The second-order valence-electron chi connectivity index (χ2n) is 8.80. The number of likely N-dealkylation sites (tertiary alicyclic amines) is 1. The van der Waals surface area contributed by atoms with Crippen LogP contribution in [0.5, 0.6) is 5.75 Å². The molecule has 0 aliphatic carbocycles. The summed E-state index contributed by atoms with van der Waals surface area (Å²) in [7, 11) is 0. The minimum atomic E-state index is -0.662. The molecule has 0 saturated carbocycles. The van der Waals surface area contributed by atoms with Gasteiger partial charge in [-0.2, -0.15) is 0 Å². The highest BCUT2D eigenvalue weighted by molar-refractivity contribution is 9.10. The van der Waals surface area contributed by atoms with Gasteiger partial charge in [0.2, 0.25) is 0 Å². The summed E-state index contributed by atoms with van der Waals surface area (Å²) < 4.78 is 6.62. The van der Waals surface area contributed by atoms with Gasteiger partial charge in [-0.1, -0.05) is 55.8 Å². The number of halogens is 1. The Kier molecular flexibility index (Phi) is 8.91. The quantitative estimate of drug-likeness (QED) is 0.259. The van der Waals surface area contributed by atoms with Gasteiger partial charge in [0.05, 0.1) is 18.2 Å². The zero-order valence-corrected chi connectivity index (χ0v) is 21.8. The van der Waals surface area contributed by atoms with Crippen molar-refractivity contribution in [2.75, 3.05) is 32.8 Å².